The topological polar surface area (TPSA) is 61.9 Å². The van der Waals surface area contributed by atoms with Gasteiger partial charge in [-0.2, -0.15) is 0 Å². The second-order valence-corrected chi connectivity index (χ2v) is 6.57. The van der Waals surface area contributed by atoms with Crippen molar-refractivity contribution in [2.24, 2.45) is 5.92 Å². The molecule has 1 saturated carbocycles. The van der Waals surface area contributed by atoms with E-state index in [1.807, 2.05) is 4.90 Å². The summed E-state index contributed by atoms with van der Waals surface area (Å²) in [6.45, 7) is 4.06. The molecule has 1 saturated heterocycles. The molecule has 104 valence electrons. The van der Waals surface area contributed by atoms with Crippen LogP contribution in [0.15, 0.2) is 5.16 Å². The van der Waals surface area contributed by atoms with E-state index in [0.717, 1.165) is 37.7 Å². The van der Waals surface area contributed by atoms with Gasteiger partial charge in [-0.15, -0.1) is 5.10 Å². The lowest BCUT2D eigenvalue weighted by atomic mass is 9.99. The maximum absolute atomic E-state index is 12.1. The van der Waals surface area contributed by atoms with Gasteiger partial charge in [0.1, 0.15) is 5.82 Å². The first-order chi connectivity index (χ1) is 9.22. The van der Waals surface area contributed by atoms with Crippen molar-refractivity contribution in [2.45, 2.75) is 43.7 Å². The minimum atomic E-state index is 0.217. The number of thioether (sulfide) groups is 1. The molecular weight excluding hydrogens is 260 g/mol. The summed E-state index contributed by atoms with van der Waals surface area (Å²) < 4.78 is 0. The lowest BCUT2D eigenvalue weighted by Crippen LogP contribution is -2.38. The van der Waals surface area contributed by atoms with Crippen LogP contribution >= 0.6 is 11.8 Å². The van der Waals surface area contributed by atoms with Gasteiger partial charge < -0.3 is 4.90 Å². The summed E-state index contributed by atoms with van der Waals surface area (Å²) in [5, 5.41) is 7.84. The molecule has 6 heteroatoms. The molecule has 0 aromatic carbocycles. The van der Waals surface area contributed by atoms with Gasteiger partial charge in [-0.05, 0) is 31.6 Å². The second-order valence-electron chi connectivity index (χ2n) is 5.63. The molecule has 1 aliphatic carbocycles. The Morgan fingerprint density at radius 1 is 1.37 bits per heavy atom. The van der Waals surface area contributed by atoms with Gasteiger partial charge in [-0.3, -0.25) is 9.89 Å². The number of aromatic nitrogens is 3. The van der Waals surface area contributed by atoms with E-state index in [2.05, 4.69) is 22.1 Å². The number of carbonyl (C=O) groups is 1. The molecule has 0 spiro atoms. The summed E-state index contributed by atoms with van der Waals surface area (Å²) in [7, 11) is 0. The molecule has 0 radical (unpaired) electrons. The van der Waals surface area contributed by atoms with Gasteiger partial charge in [0, 0.05) is 19.0 Å². The lowest BCUT2D eigenvalue weighted by Gasteiger charge is -2.30. The molecule has 19 heavy (non-hydrogen) atoms. The molecule has 2 heterocycles. The SMILES string of the molecule is CC1CCN(C(=O)CSc2n[nH]c(C3CC3)n2)CC1. The van der Waals surface area contributed by atoms with Crippen LogP contribution in [0.25, 0.3) is 0 Å². The first kappa shape index (κ1) is 13.0. The smallest absolute Gasteiger partial charge is 0.233 e. The number of amides is 1. The highest BCUT2D eigenvalue weighted by Gasteiger charge is 2.27. The number of nitrogens with zero attached hydrogens (tertiary/aromatic N) is 3. The predicted octanol–water partition coefficient (Wildman–Crippen LogP) is 2.03. The fourth-order valence-electron chi connectivity index (χ4n) is 2.34. The summed E-state index contributed by atoms with van der Waals surface area (Å²) in [5.74, 6) is 3.00. The van der Waals surface area contributed by atoms with E-state index in [-0.39, 0.29) is 5.91 Å². The number of rotatable bonds is 4. The fraction of sp³-hybridized carbons (Fsp3) is 0.769. The number of aromatic amines is 1. The van der Waals surface area contributed by atoms with Gasteiger partial charge in [-0.1, -0.05) is 18.7 Å². The largest absolute Gasteiger partial charge is 0.342 e. The van der Waals surface area contributed by atoms with Crippen molar-refractivity contribution in [3.63, 3.8) is 0 Å². The van der Waals surface area contributed by atoms with Crippen LogP contribution in [0.1, 0.15) is 44.3 Å². The Bertz CT molecular complexity index is 449. The quantitative estimate of drug-likeness (QED) is 0.857. The third-order valence-corrected chi connectivity index (χ3v) is 4.74. The first-order valence-corrected chi connectivity index (χ1v) is 8.04. The van der Waals surface area contributed by atoms with E-state index in [9.17, 15) is 4.79 Å². The van der Waals surface area contributed by atoms with Crippen molar-refractivity contribution in [3.05, 3.63) is 5.82 Å². The molecule has 0 bridgehead atoms. The number of H-pyrrole nitrogens is 1. The molecule has 1 aromatic rings. The Morgan fingerprint density at radius 3 is 2.79 bits per heavy atom. The molecular formula is C13H20N4OS. The lowest BCUT2D eigenvalue weighted by molar-refractivity contribution is -0.129. The third-order valence-electron chi connectivity index (χ3n) is 3.91. The third kappa shape index (κ3) is 3.29. The molecule has 1 aliphatic heterocycles. The van der Waals surface area contributed by atoms with Gasteiger partial charge in [0.2, 0.25) is 11.1 Å². The maximum Gasteiger partial charge on any atom is 0.233 e. The minimum absolute atomic E-state index is 0.217. The molecule has 5 nitrogen and oxygen atoms in total. The average molecular weight is 280 g/mol. The van der Waals surface area contributed by atoms with Crippen LogP contribution in [0, 0.1) is 5.92 Å². The molecule has 1 N–H and O–H groups in total. The van der Waals surface area contributed by atoms with Gasteiger partial charge in [-0.25, -0.2) is 4.98 Å². The first-order valence-electron chi connectivity index (χ1n) is 7.05. The van der Waals surface area contributed by atoms with Crippen LogP contribution < -0.4 is 0 Å². The number of hydrogen-bond donors (Lipinski definition) is 1. The minimum Gasteiger partial charge on any atom is -0.342 e. The van der Waals surface area contributed by atoms with Gasteiger partial charge >= 0.3 is 0 Å². The summed E-state index contributed by atoms with van der Waals surface area (Å²) in [6, 6.07) is 0. The molecule has 0 atom stereocenters. The van der Waals surface area contributed by atoms with Crippen LogP contribution in [0.5, 0.6) is 0 Å². The Labute approximate surface area is 117 Å². The Kier molecular flexibility index (Phi) is 3.77. The van der Waals surface area contributed by atoms with E-state index >= 15 is 0 Å². The zero-order chi connectivity index (χ0) is 13.2. The van der Waals surface area contributed by atoms with Crippen molar-refractivity contribution >= 4 is 17.7 Å². The second kappa shape index (κ2) is 5.53. The van der Waals surface area contributed by atoms with Crippen LogP contribution in [-0.4, -0.2) is 44.8 Å². The van der Waals surface area contributed by atoms with Crippen LogP contribution in [0.2, 0.25) is 0 Å². The average Bonchev–Trinajstić information content (AvgIpc) is 3.16. The molecule has 1 aromatic heterocycles. The summed E-state index contributed by atoms with van der Waals surface area (Å²) >= 11 is 1.44. The Hall–Kier alpha value is -1.04. The van der Waals surface area contributed by atoms with E-state index < -0.39 is 0 Å². The van der Waals surface area contributed by atoms with Crippen molar-refractivity contribution in [1.29, 1.82) is 0 Å². The van der Waals surface area contributed by atoms with Gasteiger partial charge in [0.05, 0.1) is 5.75 Å². The van der Waals surface area contributed by atoms with E-state index in [0.29, 0.717) is 16.8 Å². The molecule has 1 amide bonds. The predicted molar refractivity (Wildman–Crippen MR) is 74.1 cm³/mol. The zero-order valence-corrected chi connectivity index (χ0v) is 12.1. The summed E-state index contributed by atoms with van der Waals surface area (Å²) in [6.07, 6.45) is 4.68. The van der Waals surface area contributed by atoms with Crippen molar-refractivity contribution in [1.82, 2.24) is 20.1 Å². The normalized spacial score (nSPS) is 20.8. The highest BCUT2D eigenvalue weighted by Crippen LogP contribution is 2.38. The van der Waals surface area contributed by atoms with E-state index in [1.54, 1.807) is 0 Å². The molecule has 2 fully saturated rings. The number of piperidine rings is 1. The molecule has 2 aliphatic rings. The maximum atomic E-state index is 12.1. The highest BCUT2D eigenvalue weighted by atomic mass is 32.2. The standard InChI is InChI=1S/C13H20N4OS/c1-9-4-6-17(7-5-9)11(18)8-19-13-14-12(15-16-13)10-2-3-10/h9-10H,2-8H2,1H3,(H,14,15,16). The van der Waals surface area contributed by atoms with Crippen LogP contribution in [0.3, 0.4) is 0 Å². The van der Waals surface area contributed by atoms with Gasteiger partial charge in [0.25, 0.3) is 0 Å². The van der Waals surface area contributed by atoms with E-state index in [4.69, 9.17) is 0 Å². The van der Waals surface area contributed by atoms with Gasteiger partial charge in [0.15, 0.2) is 0 Å². The molecule has 0 unspecified atom stereocenters. The van der Waals surface area contributed by atoms with E-state index in [1.165, 1.54) is 24.6 Å². The zero-order valence-electron chi connectivity index (χ0n) is 11.3. The van der Waals surface area contributed by atoms with Crippen LogP contribution in [0.4, 0.5) is 0 Å². The Morgan fingerprint density at radius 2 is 2.11 bits per heavy atom. The Balaban J connectivity index is 1.46. The number of hydrogen-bond acceptors (Lipinski definition) is 4. The number of carbonyl (C=O) groups excluding carboxylic acids is 1. The molecule has 3 rings (SSSR count). The van der Waals surface area contributed by atoms with Crippen molar-refractivity contribution in [3.8, 4) is 0 Å². The van der Waals surface area contributed by atoms with Crippen molar-refractivity contribution < 1.29 is 4.79 Å². The summed E-state index contributed by atoms with van der Waals surface area (Å²) in [4.78, 5) is 18.5. The van der Waals surface area contributed by atoms with Crippen molar-refractivity contribution in [2.75, 3.05) is 18.8 Å². The highest BCUT2D eigenvalue weighted by molar-refractivity contribution is 7.99. The monoisotopic (exact) mass is 280 g/mol. The van der Waals surface area contributed by atoms with Crippen LogP contribution in [-0.2, 0) is 4.79 Å². The number of nitrogens with one attached hydrogen (secondary N) is 1. The fourth-order valence-corrected chi connectivity index (χ4v) is 3.05. The number of likely N-dealkylation sites (tertiary alicyclic amines) is 1. The summed E-state index contributed by atoms with van der Waals surface area (Å²) in [5.41, 5.74) is 0.